The van der Waals surface area contributed by atoms with Gasteiger partial charge in [-0.05, 0) is 48.6 Å². The number of anilines is 2. The Bertz CT molecular complexity index is 1120. The molecule has 2 saturated carbocycles. The van der Waals surface area contributed by atoms with E-state index in [2.05, 4.69) is 37.2 Å². The first-order chi connectivity index (χ1) is 15.8. The number of carbonyl (C=O) groups is 3. The first kappa shape index (κ1) is 22.4. The van der Waals surface area contributed by atoms with E-state index in [0.29, 0.717) is 28.4 Å². The predicted octanol–water partition coefficient (Wildman–Crippen LogP) is 4.24. The van der Waals surface area contributed by atoms with Gasteiger partial charge in [0.2, 0.25) is 11.8 Å². The van der Waals surface area contributed by atoms with Gasteiger partial charge in [0.25, 0.3) is 5.91 Å². The summed E-state index contributed by atoms with van der Waals surface area (Å²) in [6, 6.07) is 11.7. The third-order valence-electron chi connectivity index (χ3n) is 7.01. The van der Waals surface area contributed by atoms with Gasteiger partial charge in [-0.3, -0.25) is 19.3 Å². The topological polar surface area (TPSA) is 84.9 Å². The average molecular weight is 578 g/mol. The van der Waals surface area contributed by atoms with Gasteiger partial charge >= 0.3 is 0 Å². The fraction of sp³-hybridized carbons (Fsp3) is 0.375. The fourth-order valence-corrected chi connectivity index (χ4v) is 7.37. The molecular weight excluding hydrogens is 556 g/mol. The summed E-state index contributed by atoms with van der Waals surface area (Å²) in [5.74, 6) is -0.00810. The molecule has 5 rings (SSSR count). The molecule has 1 saturated heterocycles. The summed E-state index contributed by atoms with van der Waals surface area (Å²) in [7, 11) is 3.06. The molecule has 2 aromatic rings. The Kier molecular flexibility index (Phi) is 5.73. The van der Waals surface area contributed by atoms with Crippen molar-refractivity contribution in [3.05, 3.63) is 48.0 Å². The van der Waals surface area contributed by atoms with Crippen LogP contribution < -0.4 is 19.7 Å². The van der Waals surface area contributed by atoms with Crippen LogP contribution in [0.3, 0.4) is 0 Å². The number of halogens is 2. The number of carbonyl (C=O) groups excluding carboxylic acids is 3. The van der Waals surface area contributed by atoms with Crippen molar-refractivity contribution >= 4 is 61.0 Å². The Labute approximate surface area is 208 Å². The van der Waals surface area contributed by atoms with Gasteiger partial charge in [0.05, 0.1) is 37.4 Å². The zero-order valence-electron chi connectivity index (χ0n) is 18.0. The summed E-state index contributed by atoms with van der Waals surface area (Å²) in [6.45, 7) is 0. The molecule has 0 spiro atoms. The van der Waals surface area contributed by atoms with Crippen LogP contribution in [0.5, 0.6) is 11.5 Å². The highest BCUT2D eigenvalue weighted by Crippen LogP contribution is 2.60. The second-order valence-corrected chi connectivity index (χ2v) is 10.7. The Morgan fingerprint density at radius 1 is 0.970 bits per heavy atom. The molecule has 33 heavy (non-hydrogen) atoms. The zero-order chi connectivity index (χ0) is 23.4. The number of fused-ring (bicyclic) bond motifs is 5. The van der Waals surface area contributed by atoms with Gasteiger partial charge in [-0.1, -0.05) is 37.9 Å². The quantitative estimate of drug-likeness (QED) is 0.424. The minimum Gasteiger partial charge on any atom is -0.497 e. The molecular formula is C24H22Br2N2O5. The number of methoxy groups -OCH3 is 2. The maximum atomic E-state index is 13.3. The number of nitrogens with one attached hydrogen (secondary N) is 1. The standard InChI is InChI=1S/C24H22Br2N2O5/c1-32-13-6-7-17(33-2)16(9-13)27-22(29)11-4-3-5-12(8-11)28-23(30)18-14-10-15(19(18)24(28)31)21(26)20(14)25/h3-9,14-15,18-21H,10H2,1-2H3,(H,27,29)/t14-,15-,18-,19+,20-,21+/m1/s1. The SMILES string of the molecule is COc1ccc(OC)c(NC(=O)c2cccc(N3C(=O)[C@@H]4[C@H]5C[C@@H]([C@H](Br)[C@@H]5Br)[C@@H]4C3=O)c2)c1. The van der Waals surface area contributed by atoms with Crippen molar-refractivity contribution in [2.75, 3.05) is 24.4 Å². The molecule has 7 nitrogen and oxygen atoms in total. The molecule has 1 aliphatic heterocycles. The van der Waals surface area contributed by atoms with Crippen molar-refractivity contribution in [3.8, 4) is 11.5 Å². The van der Waals surface area contributed by atoms with Crippen LogP contribution in [0.4, 0.5) is 11.4 Å². The van der Waals surface area contributed by atoms with Crippen LogP contribution in [-0.4, -0.2) is 41.6 Å². The molecule has 1 N–H and O–H groups in total. The van der Waals surface area contributed by atoms with Crippen molar-refractivity contribution < 1.29 is 23.9 Å². The fourth-order valence-electron chi connectivity index (χ4n) is 5.50. The molecule has 0 radical (unpaired) electrons. The third kappa shape index (κ3) is 3.47. The molecule has 172 valence electrons. The van der Waals surface area contributed by atoms with Crippen LogP contribution in [0.2, 0.25) is 0 Å². The highest BCUT2D eigenvalue weighted by molar-refractivity contribution is 9.12. The summed E-state index contributed by atoms with van der Waals surface area (Å²) in [5, 5.41) is 2.82. The first-order valence-corrected chi connectivity index (χ1v) is 12.5. The summed E-state index contributed by atoms with van der Waals surface area (Å²) in [6.07, 6.45) is 0.872. The Morgan fingerprint density at radius 3 is 2.24 bits per heavy atom. The molecule has 9 heteroatoms. The van der Waals surface area contributed by atoms with E-state index < -0.39 is 0 Å². The van der Waals surface area contributed by atoms with Gasteiger partial charge in [0.15, 0.2) is 0 Å². The second kappa shape index (κ2) is 8.43. The number of rotatable bonds is 5. The minimum atomic E-state index is -0.385. The van der Waals surface area contributed by atoms with Crippen molar-refractivity contribution in [1.29, 1.82) is 0 Å². The average Bonchev–Trinajstić information content (AvgIpc) is 3.43. The molecule has 6 atom stereocenters. The molecule has 3 fully saturated rings. The van der Waals surface area contributed by atoms with Gasteiger partial charge in [-0.2, -0.15) is 0 Å². The van der Waals surface area contributed by atoms with Crippen molar-refractivity contribution in [2.45, 2.75) is 16.1 Å². The largest absolute Gasteiger partial charge is 0.497 e. The molecule has 3 aliphatic rings. The maximum absolute atomic E-state index is 13.3. The van der Waals surface area contributed by atoms with Crippen molar-refractivity contribution in [3.63, 3.8) is 0 Å². The first-order valence-electron chi connectivity index (χ1n) is 10.6. The van der Waals surface area contributed by atoms with Crippen LogP contribution >= 0.6 is 31.9 Å². The van der Waals surface area contributed by atoms with Crippen LogP contribution in [0.15, 0.2) is 42.5 Å². The smallest absolute Gasteiger partial charge is 0.255 e. The monoisotopic (exact) mass is 576 g/mol. The lowest BCUT2D eigenvalue weighted by atomic mass is 9.81. The number of amides is 3. The number of benzene rings is 2. The highest BCUT2D eigenvalue weighted by atomic mass is 79.9. The number of ether oxygens (including phenoxy) is 2. The highest BCUT2D eigenvalue weighted by Gasteiger charge is 2.66. The lowest BCUT2D eigenvalue weighted by Crippen LogP contribution is -2.37. The number of hydrogen-bond acceptors (Lipinski definition) is 5. The summed E-state index contributed by atoms with van der Waals surface area (Å²) in [5.41, 5.74) is 1.20. The molecule has 1 heterocycles. The number of hydrogen-bond donors (Lipinski definition) is 1. The lowest BCUT2D eigenvalue weighted by molar-refractivity contribution is -0.123. The molecule has 2 aromatic carbocycles. The van der Waals surface area contributed by atoms with Crippen molar-refractivity contribution in [2.24, 2.45) is 23.7 Å². The summed E-state index contributed by atoms with van der Waals surface area (Å²) >= 11 is 7.41. The second-order valence-electron chi connectivity index (χ2n) is 8.59. The van der Waals surface area contributed by atoms with Gasteiger partial charge in [-0.15, -0.1) is 0 Å². The van der Waals surface area contributed by atoms with Crippen molar-refractivity contribution in [1.82, 2.24) is 0 Å². The van der Waals surface area contributed by atoms with E-state index in [1.165, 1.54) is 19.1 Å². The maximum Gasteiger partial charge on any atom is 0.255 e. The normalized spacial score (nSPS) is 29.9. The van der Waals surface area contributed by atoms with E-state index in [0.717, 1.165) is 6.42 Å². The Morgan fingerprint density at radius 2 is 1.64 bits per heavy atom. The van der Waals surface area contributed by atoms with E-state index in [9.17, 15) is 14.4 Å². The van der Waals surface area contributed by atoms with E-state index in [4.69, 9.17) is 9.47 Å². The van der Waals surface area contributed by atoms with Gasteiger partial charge < -0.3 is 14.8 Å². The molecule has 0 aromatic heterocycles. The Hall–Kier alpha value is -2.39. The third-order valence-corrected chi connectivity index (χ3v) is 10.2. The van der Waals surface area contributed by atoms with E-state index in [-0.39, 0.29) is 51.0 Å². The number of nitrogens with zero attached hydrogens (tertiary/aromatic N) is 1. The van der Waals surface area contributed by atoms with E-state index >= 15 is 0 Å². The van der Waals surface area contributed by atoms with E-state index in [1.54, 1.807) is 42.5 Å². The summed E-state index contributed by atoms with van der Waals surface area (Å²) in [4.78, 5) is 41.2. The summed E-state index contributed by atoms with van der Waals surface area (Å²) < 4.78 is 10.6. The van der Waals surface area contributed by atoms with E-state index in [1.807, 2.05) is 0 Å². The lowest BCUT2D eigenvalue weighted by Gasteiger charge is -2.28. The molecule has 3 amide bonds. The van der Waals surface area contributed by atoms with Crippen LogP contribution in [-0.2, 0) is 9.59 Å². The molecule has 2 bridgehead atoms. The van der Waals surface area contributed by atoms with Gasteiger partial charge in [0, 0.05) is 21.3 Å². The van der Waals surface area contributed by atoms with Crippen LogP contribution in [0.1, 0.15) is 16.8 Å². The molecule has 0 unspecified atom stereocenters. The van der Waals surface area contributed by atoms with Gasteiger partial charge in [0.1, 0.15) is 11.5 Å². The minimum absolute atomic E-state index is 0.137. The van der Waals surface area contributed by atoms with Crippen LogP contribution in [0, 0.1) is 23.7 Å². The predicted molar refractivity (Wildman–Crippen MR) is 130 cm³/mol. The molecule has 2 aliphatic carbocycles. The zero-order valence-corrected chi connectivity index (χ0v) is 21.1. The van der Waals surface area contributed by atoms with Gasteiger partial charge in [-0.25, -0.2) is 0 Å². The Balaban J connectivity index is 1.41. The van der Waals surface area contributed by atoms with Crippen LogP contribution in [0.25, 0.3) is 0 Å². The number of imide groups is 1. The number of alkyl halides is 2.